The van der Waals surface area contributed by atoms with E-state index in [9.17, 15) is 9.59 Å². The largest absolute Gasteiger partial charge is 0.462 e. The molecule has 3 aliphatic rings. The summed E-state index contributed by atoms with van der Waals surface area (Å²) >= 11 is 0. The molecule has 0 aromatic rings. The van der Waals surface area contributed by atoms with Crippen molar-refractivity contribution in [3.05, 3.63) is 0 Å². The first-order valence-corrected chi connectivity index (χ1v) is 25.4. The Morgan fingerprint density at radius 3 is 1.46 bits per heavy atom. The van der Waals surface area contributed by atoms with Crippen LogP contribution in [0.25, 0.3) is 0 Å². The van der Waals surface area contributed by atoms with E-state index < -0.39 is 14.7 Å². The molecular formula is C47H88N2O7P+. The van der Waals surface area contributed by atoms with Crippen molar-refractivity contribution < 1.29 is 37.1 Å². The van der Waals surface area contributed by atoms with E-state index in [4.69, 9.17) is 28.3 Å². The quantitative estimate of drug-likeness (QED) is 0.0260. The Hall–Kier alpha value is -1.30. The van der Waals surface area contributed by atoms with Crippen molar-refractivity contribution in [1.29, 1.82) is 5.26 Å². The maximum Gasteiger partial charge on any atom is 0.333 e. The summed E-state index contributed by atoms with van der Waals surface area (Å²) in [5.74, 6) is 0.339. The first-order valence-electron chi connectivity index (χ1n) is 24.3. The van der Waals surface area contributed by atoms with Gasteiger partial charge in [0.15, 0.2) is 6.10 Å². The fourth-order valence-electron chi connectivity index (χ4n) is 8.40. The SMILES string of the molecule is CCCCCCCCCCCCCCCC(=O)OCC(COP(OCCC#N)OCC[N+]12CCC(CC1)CC2)OC(=O)CCCCCCCCCCCCCCC. The number of piperidine rings is 3. The summed E-state index contributed by atoms with van der Waals surface area (Å²) in [6, 6.07) is 2.12. The van der Waals surface area contributed by atoms with Gasteiger partial charge in [0.1, 0.15) is 19.8 Å². The van der Waals surface area contributed by atoms with Crippen LogP contribution in [0.15, 0.2) is 0 Å². The third-order valence-electron chi connectivity index (χ3n) is 12.3. The van der Waals surface area contributed by atoms with Crippen molar-refractivity contribution in [2.45, 2.75) is 225 Å². The van der Waals surface area contributed by atoms with Gasteiger partial charge >= 0.3 is 20.5 Å². The van der Waals surface area contributed by atoms with E-state index in [2.05, 4.69) is 19.9 Å². The Labute approximate surface area is 352 Å². The number of carbonyl (C=O) groups excluding carboxylic acids is 2. The second-order valence-corrected chi connectivity index (χ2v) is 18.6. The second-order valence-electron chi connectivity index (χ2n) is 17.3. The number of rotatable bonds is 41. The molecule has 10 heteroatoms. The fourth-order valence-corrected chi connectivity index (χ4v) is 9.38. The van der Waals surface area contributed by atoms with Crippen LogP contribution in [0.4, 0.5) is 0 Å². The van der Waals surface area contributed by atoms with E-state index in [0.29, 0.717) is 19.4 Å². The molecule has 57 heavy (non-hydrogen) atoms. The number of hydrogen-bond donors (Lipinski definition) is 0. The van der Waals surface area contributed by atoms with Crippen LogP contribution in [-0.4, -0.2) is 75.1 Å². The van der Waals surface area contributed by atoms with Crippen molar-refractivity contribution in [3.8, 4) is 6.07 Å². The van der Waals surface area contributed by atoms with Crippen molar-refractivity contribution in [1.82, 2.24) is 0 Å². The molecule has 0 radical (unpaired) electrons. The van der Waals surface area contributed by atoms with Gasteiger partial charge in [0.05, 0.1) is 45.3 Å². The number of unbranched alkanes of at least 4 members (excludes halogenated alkanes) is 24. The lowest BCUT2D eigenvalue weighted by molar-refractivity contribution is -0.942. The van der Waals surface area contributed by atoms with Gasteiger partial charge in [-0.2, -0.15) is 5.26 Å². The Bertz CT molecular complexity index is 989. The van der Waals surface area contributed by atoms with Gasteiger partial charge in [-0.1, -0.05) is 168 Å². The Morgan fingerprint density at radius 1 is 0.579 bits per heavy atom. The van der Waals surface area contributed by atoms with E-state index in [1.54, 1.807) is 0 Å². The maximum atomic E-state index is 13.0. The average Bonchev–Trinajstić information content (AvgIpc) is 3.22. The topological polar surface area (TPSA) is 104 Å². The summed E-state index contributed by atoms with van der Waals surface area (Å²) in [5, 5.41) is 9.09. The molecule has 0 aromatic carbocycles. The molecule has 3 heterocycles. The molecule has 0 amide bonds. The molecule has 2 bridgehead atoms. The molecule has 2 atom stereocenters. The Balaban J connectivity index is 1.72. The molecule has 332 valence electrons. The number of fused-ring (bicyclic) bond motifs is 3. The van der Waals surface area contributed by atoms with Gasteiger partial charge in [-0.05, 0) is 38.0 Å². The highest BCUT2D eigenvalue weighted by atomic mass is 31.2. The minimum atomic E-state index is -1.74. The molecular weight excluding hydrogens is 735 g/mol. The zero-order chi connectivity index (χ0) is 40.9. The number of quaternary nitrogens is 1. The summed E-state index contributed by atoms with van der Waals surface area (Å²) in [6.45, 7) is 9.77. The monoisotopic (exact) mass is 824 g/mol. The lowest BCUT2D eigenvalue weighted by Gasteiger charge is -2.49. The van der Waals surface area contributed by atoms with Crippen LogP contribution in [0.5, 0.6) is 0 Å². The van der Waals surface area contributed by atoms with Crippen molar-refractivity contribution in [2.75, 3.05) is 52.6 Å². The van der Waals surface area contributed by atoms with Gasteiger partial charge in [-0.3, -0.25) is 9.59 Å². The Kier molecular flexibility index (Phi) is 33.2. The number of nitriles is 1. The summed E-state index contributed by atoms with van der Waals surface area (Å²) < 4.78 is 30.7. The normalized spacial score (nSPS) is 18.6. The third-order valence-corrected chi connectivity index (χ3v) is 13.4. The summed E-state index contributed by atoms with van der Waals surface area (Å²) in [6.07, 6.45) is 36.6. The average molecular weight is 824 g/mol. The summed E-state index contributed by atoms with van der Waals surface area (Å²) in [7, 11) is -1.74. The molecule has 2 unspecified atom stereocenters. The van der Waals surface area contributed by atoms with Gasteiger partial charge in [-0.25, -0.2) is 0 Å². The van der Waals surface area contributed by atoms with E-state index >= 15 is 0 Å². The van der Waals surface area contributed by atoms with Gasteiger partial charge in [0.25, 0.3) is 0 Å². The predicted octanol–water partition coefficient (Wildman–Crippen LogP) is 13.2. The predicted molar refractivity (Wildman–Crippen MR) is 234 cm³/mol. The van der Waals surface area contributed by atoms with Crippen LogP contribution in [-0.2, 0) is 32.6 Å². The van der Waals surface area contributed by atoms with Gasteiger partial charge < -0.3 is 27.5 Å². The van der Waals surface area contributed by atoms with Crippen LogP contribution in [0.1, 0.15) is 219 Å². The van der Waals surface area contributed by atoms with Crippen LogP contribution in [0, 0.1) is 17.2 Å². The van der Waals surface area contributed by atoms with Crippen molar-refractivity contribution in [3.63, 3.8) is 0 Å². The van der Waals surface area contributed by atoms with Crippen molar-refractivity contribution >= 4 is 20.5 Å². The number of carbonyl (C=O) groups is 2. The molecule has 3 fully saturated rings. The van der Waals surface area contributed by atoms with E-state index in [-0.39, 0.29) is 38.2 Å². The number of nitrogens with zero attached hydrogens (tertiary/aromatic N) is 2. The van der Waals surface area contributed by atoms with Crippen LogP contribution in [0.3, 0.4) is 0 Å². The third kappa shape index (κ3) is 28.7. The van der Waals surface area contributed by atoms with Crippen LogP contribution in [0.2, 0.25) is 0 Å². The van der Waals surface area contributed by atoms with Crippen LogP contribution >= 0.6 is 8.60 Å². The zero-order valence-electron chi connectivity index (χ0n) is 37.1. The van der Waals surface area contributed by atoms with Gasteiger partial charge in [-0.15, -0.1) is 0 Å². The van der Waals surface area contributed by atoms with Crippen LogP contribution < -0.4 is 0 Å². The Morgan fingerprint density at radius 2 is 1.00 bits per heavy atom. The molecule has 0 spiro atoms. The molecule has 9 nitrogen and oxygen atoms in total. The highest BCUT2D eigenvalue weighted by molar-refractivity contribution is 7.41. The summed E-state index contributed by atoms with van der Waals surface area (Å²) in [4.78, 5) is 25.7. The van der Waals surface area contributed by atoms with Crippen molar-refractivity contribution in [2.24, 2.45) is 5.92 Å². The number of esters is 2. The molecule has 0 aromatic heterocycles. The second kappa shape index (κ2) is 36.5. The molecule has 0 aliphatic carbocycles. The smallest absolute Gasteiger partial charge is 0.333 e. The standard InChI is InChI=1S/C47H88N2O7P/c1-3-5-7-9-11-13-15-17-19-21-23-25-27-30-46(50)52-42-45(56-47(51)31-28-26-24-22-20-18-16-14-12-10-8-6-4-2)43-55-57(53-40-29-35-48)54-41-39-49-36-32-44(33-37-49)34-38-49/h44-45H,3-34,36-43H2,1-2H3/q+1. The minimum absolute atomic E-state index is 0.0102. The molecule has 3 aliphatic heterocycles. The van der Waals surface area contributed by atoms with Gasteiger partial charge in [0, 0.05) is 12.8 Å². The first kappa shape index (κ1) is 51.8. The van der Waals surface area contributed by atoms with E-state index in [0.717, 1.165) is 55.5 Å². The molecule has 0 N–H and O–H groups in total. The first-order chi connectivity index (χ1) is 28.0. The number of hydrogen-bond acceptors (Lipinski definition) is 8. The zero-order valence-corrected chi connectivity index (χ0v) is 38.0. The minimum Gasteiger partial charge on any atom is -0.462 e. The van der Waals surface area contributed by atoms with E-state index in [1.165, 1.54) is 167 Å². The lowest BCUT2D eigenvalue weighted by atomic mass is 9.86. The summed E-state index contributed by atoms with van der Waals surface area (Å²) in [5.41, 5.74) is 0. The fraction of sp³-hybridized carbons (Fsp3) is 0.936. The van der Waals surface area contributed by atoms with Gasteiger partial charge in [0.2, 0.25) is 0 Å². The highest BCUT2D eigenvalue weighted by Crippen LogP contribution is 2.41. The lowest BCUT2D eigenvalue weighted by Crippen LogP contribution is -2.59. The molecule has 3 saturated heterocycles. The molecule has 0 saturated carbocycles. The number of ether oxygens (including phenoxy) is 2. The highest BCUT2D eigenvalue weighted by Gasteiger charge is 2.39. The molecule has 3 rings (SSSR count). The van der Waals surface area contributed by atoms with E-state index in [1.807, 2.05) is 0 Å². The maximum absolute atomic E-state index is 13.0.